The number of carbonyl (C=O) groups is 1. The van der Waals surface area contributed by atoms with Gasteiger partial charge >= 0.3 is 5.97 Å². The van der Waals surface area contributed by atoms with E-state index in [2.05, 4.69) is 0 Å². The maximum Gasteiger partial charge on any atom is 0.308 e. The number of halogens is 2. The average molecular weight is 260 g/mol. The fourth-order valence-corrected chi connectivity index (χ4v) is 2.56. The number of anilines is 1. The summed E-state index contributed by atoms with van der Waals surface area (Å²) in [6, 6.07) is 3.55. The van der Waals surface area contributed by atoms with Gasteiger partial charge in [0, 0.05) is 13.6 Å². The molecule has 86 valence electrons. The van der Waals surface area contributed by atoms with Gasteiger partial charge in [-0.2, -0.15) is 0 Å². The summed E-state index contributed by atoms with van der Waals surface area (Å²) in [5.74, 6) is -1.15. The SMILES string of the molecule is CN1CC(C(=O)O)Cc2ccc(Cl)c(Cl)c21. The summed E-state index contributed by atoms with van der Waals surface area (Å²) in [6.45, 7) is 0.461. The van der Waals surface area contributed by atoms with Crippen LogP contribution in [0.2, 0.25) is 10.0 Å². The minimum atomic E-state index is -0.774. The Balaban J connectivity index is 2.46. The summed E-state index contributed by atoms with van der Waals surface area (Å²) >= 11 is 12.0. The fraction of sp³-hybridized carbons (Fsp3) is 0.364. The van der Waals surface area contributed by atoms with E-state index in [-0.39, 0.29) is 5.92 Å². The zero-order valence-electron chi connectivity index (χ0n) is 8.70. The third-order valence-corrected chi connectivity index (χ3v) is 3.64. The number of aliphatic carboxylic acids is 1. The van der Waals surface area contributed by atoms with Gasteiger partial charge < -0.3 is 10.0 Å². The lowest BCUT2D eigenvalue weighted by Crippen LogP contribution is -2.36. The highest BCUT2D eigenvalue weighted by Crippen LogP contribution is 2.39. The van der Waals surface area contributed by atoms with Crippen LogP contribution in [0.15, 0.2) is 12.1 Å². The molecular weight excluding hydrogens is 249 g/mol. The molecule has 0 bridgehead atoms. The number of hydrogen-bond donors (Lipinski definition) is 1. The van der Waals surface area contributed by atoms with E-state index < -0.39 is 5.97 Å². The smallest absolute Gasteiger partial charge is 0.308 e. The number of benzene rings is 1. The maximum absolute atomic E-state index is 11.0. The van der Waals surface area contributed by atoms with E-state index in [1.54, 1.807) is 6.07 Å². The molecule has 1 aliphatic rings. The first-order valence-corrected chi connectivity index (χ1v) is 5.67. The van der Waals surface area contributed by atoms with Crippen molar-refractivity contribution in [3.05, 3.63) is 27.7 Å². The largest absolute Gasteiger partial charge is 0.481 e. The van der Waals surface area contributed by atoms with Gasteiger partial charge in [-0.25, -0.2) is 0 Å². The second-order valence-electron chi connectivity index (χ2n) is 3.99. The molecule has 1 N–H and O–H groups in total. The first-order valence-electron chi connectivity index (χ1n) is 4.91. The van der Waals surface area contributed by atoms with Crippen LogP contribution in [-0.2, 0) is 11.2 Å². The Morgan fingerprint density at radius 3 is 2.81 bits per heavy atom. The molecular formula is C11H11Cl2NO2. The molecule has 0 aromatic heterocycles. The van der Waals surface area contributed by atoms with E-state index in [9.17, 15) is 4.79 Å². The highest BCUT2D eigenvalue weighted by atomic mass is 35.5. The van der Waals surface area contributed by atoms with Crippen molar-refractivity contribution in [2.24, 2.45) is 5.92 Å². The molecule has 1 heterocycles. The van der Waals surface area contributed by atoms with Crippen LogP contribution < -0.4 is 4.90 Å². The molecule has 1 aromatic carbocycles. The number of fused-ring (bicyclic) bond motifs is 1. The number of nitrogens with zero attached hydrogens (tertiary/aromatic N) is 1. The Morgan fingerprint density at radius 2 is 2.19 bits per heavy atom. The second-order valence-corrected chi connectivity index (χ2v) is 4.77. The zero-order chi connectivity index (χ0) is 11.9. The summed E-state index contributed by atoms with van der Waals surface area (Å²) in [4.78, 5) is 12.8. The topological polar surface area (TPSA) is 40.5 Å². The Hall–Kier alpha value is -0.930. The molecule has 3 nitrogen and oxygen atoms in total. The third kappa shape index (κ3) is 1.85. The van der Waals surface area contributed by atoms with Gasteiger partial charge in [0.05, 0.1) is 21.7 Å². The molecule has 0 saturated heterocycles. The quantitative estimate of drug-likeness (QED) is 0.843. The molecule has 5 heteroatoms. The predicted octanol–water partition coefficient (Wildman–Crippen LogP) is 2.69. The van der Waals surface area contributed by atoms with Crippen LogP contribution in [0.25, 0.3) is 0 Å². The number of carboxylic acid groups (broad SMARTS) is 1. The predicted molar refractivity (Wildman–Crippen MR) is 64.6 cm³/mol. The van der Waals surface area contributed by atoms with E-state index in [0.29, 0.717) is 23.0 Å². The Kier molecular flexibility index (Phi) is 3.00. The van der Waals surface area contributed by atoms with Crippen molar-refractivity contribution in [2.45, 2.75) is 6.42 Å². The van der Waals surface area contributed by atoms with E-state index in [1.807, 2.05) is 18.0 Å². The number of hydrogen-bond acceptors (Lipinski definition) is 2. The number of rotatable bonds is 1. The fourth-order valence-electron chi connectivity index (χ4n) is 2.07. The van der Waals surface area contributed by atoms with E-state index in [1.165, 1.54) is 0 Å². The van der Waals surface area contributed by atoms with Gasteiger partial charge in [-0.05, 0) is 18.1 Å². The van der Waals surface area contributed by atoms with Crippen LogP contribution in [0.1, 0.15) is 5.56 Å². The molecule has 0 saturated carbocycles. The molecule has 1 unspecified atom stereocenters. The normalized spacial score (nSPS) is 19.4. The summed E-state index contributed by atoms with van der Waals surface area (Å²) in [5, 5.41) is 10.0. The van der Waals surface area contributed by atoms with Crippen LogP contribution in [0, 0.1) is 5.92 Å². The summed E-state index contributed by atoms with van der Waals surface area (Å²) in [6.07, 6.45) is 0.506. The van der Waals surface area contributed by atoms with Gasteiger partial charge in [0.15, 0.2) is 0 Å². The Morgan fingerprint density at radius 1 is 1.50 bits per heavy atom. The lowest BCUT2D eigenvalue weighted by atomic mass is 9.93. The van der Waals surface area contributed by atoms with Gasteiger partial charge in [-0.15, -0.1) is 0 Å². The van der Waals surface area contributed by atoms with Crippen molar-refractivity contribution in [1.29, 1.82) is 0 Å². The second kappa shape index (κ2) is 4.15. The van der Waals surface area contributed by atoms with Crippen molar-refractivity contribution in [2.75, 3.05) is 18.5 Å². The molecule has 1 aliphatic heterocycles. The van der Waals surface area contributed by atoms with E-state index in [4.69, 9.17) is 28.3 Å². The number of carboxylic acids is 1. The molecule has 16 heavy (non-hydrogen) atoms. The van der Waals surface area contributed by atoms with Crippen molar-refractivity contribution >= 4 is 34.9 Å². The summed E-state index contributed by atoms with van der Waals surface area (Å²) < 4.78 is 0. The molecule has 0 amide bonds. The monoisotopic (exact) mass is 259 g/mol. The van der Waals surface area contributed by atoms with E-state index >= 15 is 0 Å². The van der Waals surface area contributed by atoms with Crippen LogP contribution in [-0.4, -0.2) is 24.7 Å². The standard InChI is InChI=1S/C11H11Cl2NO2/c1-14-5-7(11(15)16)4-6-2-3-8(12)9(13)10(6)14/h2-3,7H,4-5H2,1H3,(H,15,16). The molecule has 1 aromatic rings. The lowest BCUT2D eigenvalue weighted by molar-refractivity contribution is -0.141. The molecule has 0 radical (unpaired) electrons. The Bertz CT molecular complexity index is 448. The third-order valence-electron chi connectivity index (χ3n) is 2.84. The molecule has 0 fully saturated rings. The molecule has 1 atom stereocenters. The van der Waals surface area contributed by atoms with Crippen LogP contribution in [0.4, 0.5) is 5.69 Å². The minimum absolute atomic E-state index is 0.380. The van der Waals surface area contributed by atoms with Gasteiger partial charge in [0.25, 0.3) is 0 Å². The highest BCUT2D eigenvalue weighted by Gasteiger charge is 2.29. The first-order chi connectivity index (χ1) is 7.50. The van der Waals surface area contributed by atoms with Gasteiger partial charge in [0.1, 0.15) is 0 Å². The maximum atomic E-state index is 11.0. The highest BCUT2D eigenvalue weighted by molar-refractivity contribution is 6.43. The summed E-state index contributed by atoms with van der Waals surface area (Å²) in [5.41, 5.74) is 1.79. The zero-order valence-corrected chi connectivity index (χ0v) is 10.2. The van der Waals surface area contributed by atoms with Crippen LogP contribution in [0.5, 0.6) is 0 Å². The van der Waals surface area contributed by atoms with Crippen LogP contribution >= 0.6 is 23.2 Å². The van der Waals surface area contributed by atoms with Crippen molar-refractivity contribution in [3.63, 3.8) is 0 Å². The van der Waals surface area contributed by atoms with E-state index in [0.717, 1.165) is 11.3 Å². The van der Waals surface area contributed by atoms with Gasteiger partial charge in [0.2, 0.25) is 0 Å². The molecule has 0 spiro atoms. The molecule has 0 aliphatic carbocycles. The summed E-state index contributed by atoms with van der Waals surface area (Å²) in [7, 11) is 1.83. The Labute approximate surface area is 104 Å². The van der Waals surface area contributed by atoms with Crippen molar-refractivity contribution < 1.29 is 9.90 Å². The van der Waals surface area contributed by atoms with Gasteiger partial charge in [-0.3, -0.25) is 4.79 Å². The van der Waals surface area contributed by atoms with Crippen molar-refractivity contribution in [3.8, 4) is 0 Å². The van der Waals surface area contributed by atoms with Gasteiger partial charge in [-0.1, -0.05) is 29.3 Å². The van der Waals surface area contributed by atoms with Crippen LogP contribution in [0.3, 0.4) is 0 Å². The average Bonchev–Trinajstić information content (AvgIpc) is 2.22. The minimum Gasteiger partial charge on any atom is -0.481 e. The van der Waals surface area contributed by atoms with Crippen molar-refractivity contribution in [1.82, 2.24) is 0 Å². The lowest BCUT2D eigenvalue weighted by Gasteiger charge is -2.32. The molecule has 2 rings (SSSR count). The first kappa shape index (κ1) is 11.6.